The largest absolute Gasteiger partial charge is 0.448 e. The SMILES string of the molecule is CCC(C)CC(C)(C(=O)Oc1c2c3oc1cc3C(=O)O2)C(C)C. The minimum absolute atomic E-state index is 0.129. The maximum Gasteiger partial charge on any atom is 0.347 e. The second-order valence-electron chi connectivity index (χ2n) is 7.08. The number of esters is 2. The predicted octanol–water partition coefficient (Wildman–Crippen LogP) is 4.41. The number of ether oxygens (including phenoxy) is 2. The molecule has 0 saturated carbocycles. The van der Waals surface area contributed by atoms with Crippen molar-refractivity contribution in [2.75, 3.05) is 0 Å². The van der Waals surface area contributed by atoms with E-state index in [2.05, 4.69) is 13.8 Å². The number of hydrogen-bond acceptors (Lipinski definition) is 5. The second kappa shape index (κ2) is 5.25. The molecule has 0 fully saturated rings. The number of furan rings is 2. The van der Waals surface area contributed by atoms with E-state index < -0.39 is 11.4 Å². The highest BCUT2D eigenvalue weighted by molar-refractivity contribution is 6.10. The Bertz CT molecular complexity index is 757. The summed E-state index contributed by atoms with van der Waals surface area (Å²) in [6.45, 7) is 10.2. The van der Waals surface area contributed by atoms with Gasteiger partial charge in [0.1, 0.15) is 5.56 Å². The van der Waals surface area contributed by atoms with Crippen LogP contribution in [-0.2, 0) is 4.79 Å². The van der Waals surface area contributed by atoms with Crippen molar-refractivity contribution in [2.24, 2.45) is 17.3 Å². The molecule has 3 heterocycles. The van der Waals surface area contributed by atoms with Gasteiger partial charge < -0.3 is 13.9 Å². The third-order valence-corrected chi connectivity index (χ3v) is 5.19. The van der Waals surface area contributed by atoms with Gasteiger partial charge in [0.2, 0.25) is 11.5 Å². The topological polar surface area (TPSA) is 65.7 Å². The molecule has 2 unspecified atom stereocenters. The van der Waals surface area contributed by atoms with Crippen molar-refractivity contribution in [1.29, 1.82) is 0 Å². The highest BCUT2D eigenvalue weighted by atomic mass is 16.6. The van der Waals surface area contributed by atoms with Crippen molar-refractivity contribution in [2.45, 2.75) is 47.5 Å². The van der Waals surface area contributed by atoms with Crippen molar-refractivity contribution in [1.82, 2.24) is 0 Å². The third kappa shape index (κ3) is 2.30. The molecule has 0 aromatic carbocycles. The van der Waals surface area contributed by atoms with Crippen LogP contribution >= 0.6 is 0 Å². The molecule has 1 aliphatic rings. The van der Waals surface area contributed by atoms with E-state index in [1.807, 2.05) is 20.8 Å². The summed E-state index contributed by atoms with van der Waals surface area (Å²) in [5.74, 6) is 0.256. The molecule has 2 aromatic heterocycles. The highest BCUT2D eigenvalue weighted by Gasteiger charge is 2.42. The van der Waals surface area contributed by atoms with Crippen LogP contribution in [0.2, 0.25) is 0 Å². The summed E-state index contributed by atoms with van der Waals surface area (Å²) in [4.78, 5) is 24.5. The number of carbonyl (C=O) groups excluding carboxylic acids is 2. The Morgan fingerprint density at radius 3 is 2.65 bits per heavy atom. The lowest BCUT2D eigenvalue weighted by Gasteiger charge is -2.33. The minimum atomic E-state index is -0.606. The zero-order valence-corrected chi connectivity index (χ0v) is 14.2. The first-order valence-corrected chi connectivity index (χ1v) is 8.11. The molecule has 5 heteroatoms. The number of fused-ring (bicyclic) bond motifs is 1. The molecule has 0 N–H and O–H groups in total. The van der Waals surface area contributed by atoms with Crippen molar-refractivity contribution in [3.63, 3.8) is 0 Å². The smallest absolute Gasteiger partial charge is 0.347 e. The van der Waals surface area contributed by atoms with Gasteiger partial charge in [-0.3, -0.25) is 4.79 Å². The average Bonchev–Trinajstić information content (AvgIpc) is 3.11. The van der Waals surface area contributed by atoms with Crippen molar-refractivity contribution >= 4 is 23.1 Å². The zero-order chi connectivity index (χ0) is 16.9. The molecule has 3 rings (SSSR count). The van der Waals surface area contributed by atoms with Crippen LogP contribution in [0.15, 0.2) is 10.5 Å². The summed E-state index contributed by atoms with van der Waals surface area (Å²) in [5, 5.41) is 0. The minimum Gasteiger partial charge on any atom is -0.448 e. The van der Waals surface area contributed by atoms with E-state index in [-0.39, 0.29) is 23.4 Å². The van der Waals surface area contributed by atoms with E-state index in [0.29, 0.717) is 22.6 Å². The third-order valence-electron chi connectivity index (χ3n) is 5.19. The Hall–Kier alpha value is -2.04. The van der Waals surface area contributed by atoms with E-state index in [1.165, 1.54) is 0 Å². The van der Waals surface area contributed by atoms with Gasteiger partial charge in [0.05, 0.1) is 5.41 Å². The summed E-state index contributed by atoms with van der Waals surface area (Å²) in [7, 11) is 0. The van der Waals surface area contributed by atoms with Gasteiger partial charge in [-0.25, -0.2) is 4.79 Å². The van der Waals surface area contributed by atoms with Gasteiger partial charge in [0.25, 0.3) is 0 Å². The maximum absolute atomic E-state index is 12.9. The predicted molar refractivity (Wildman–Crippen MR) is 85.0 cm³/mol. The molecule has 2 atom stereocenters. The van der Waals surface area contributed by atoms with Crippen LogP contribution in [0.5, 0.6) is 11.5 Å². The summed E-state index contributed by atoms with van der Waals surface area (Å²) in [5.41, 5.74) is 0.562. The molecule has 1 aliphatic heterocycles. The average molecular weight is 318 g/mol. The van der Waals surface area contributed by atoms with Crippen LogP contribution < -0.4 is 9.47 Å². The first-order chi connectivity index (χ1) is 10.8. The van der Waals surface area contributed by atoms with Crippen LogP contribution in [0, 0.1) is 17.3 Å². The zero-order valence-electron chi connectivity index (χ0n) is 14.2. The number of hydrogen-bond donors (Lipinski definition) is 0. The molecule has 2 aromatic rings. The Morgan fingerprint density at radius 1 is 1.35 bits per heavy atom. The maximum atomic E-state index is 12.9. The number of benzene rings is 1. The Balaban J connectivity index is 1.86. The molecular weight excluding hydrogens is 296 g/mol. The van der Waals surface area contributed by atoms with Gasteiger partial charge in [-0.1, -0.05) is 34.1 Å². The molecular formula is C18H22O5. The fourth-order valence-corrected chi connectivity index (χ4v) is 3.01. The van der Waals surface area contributed by atoms with Gasteiger partial charge in [0.15, 0.2) is 11.2 Å². The lowest BCUT2D eigenvalue weighted by Crippen LogP contribution is -2.38. The summed E-state index contributed by atoms with van der Waals surface area (Å²) in [6, 6.07) is 1.57. The van der Waals surface area contributed by atoms with E-state index in [9.17, 15) is 9.59 Å². The molecule has 5 nitrogen and oxygen atoms in total. The lowest BCUT2D eigenvalue weighted by molar-refractivity contribution is -0.148. The molecule has 0 spiro atoms. The quantitative estimate of drug-likeness (QED) is 0.583. The normalized spacial score (nSPS) is 17.6. The van der Waals surface area contributed by atoms with E-state index >= 15 is 0 Å². The number of carbonyl (C=O) groups is 2. The number of rotatable bonds is 6. The van der Waals surface area contributed by atoms with Gasteiger partial charge in [-0.05, 0) is 25.2 Å². The van der Waals surface area contributed by atoms with Gasteiger partial charge >= 0.3 is 11.9 Å². The fourth-order valence-electron chi connectivity index (χ4n) is 3.01. The molecule has 23 heavy (non-hydrogen) atoms. The second-order valence-corrected chi connectivity index (χ2v) is 7.08. The molecule has 0 aliphatic carbocycles. The first kappa shape index (κ1) is 15.8. The Kier molecular flexibility index (Phi) is 3.62. The monoisotopic (exact) mass is 318 g/mol. The molecule has 124 valence electrons. The van der Waals surface area contributed by atoms with Gasteiger partial charge in [-0.2, -0.15) is 0 Å². The fraction of sp³-hybridized carbons (Fsp3) is 0.556. The van der Waals surface area contributed by atoms with E-state index in [1.54, 1.807) is 6.07 Å². The van der Waals surface area contributed by atoms with Crippen molar-refractivity contribution in [3.05, 3.63) is 11.6 Å². The lowest BCUT2D eigenvalue weighted by atomic mass is 9.72. The van der Waals surface area contributed by atoms with Crippen molar-refractivity contribution < 1.29 is 23.5 Å². The van der Waals surface area contributed by atoms with Crippen LogP contribution in [0.4, 0.5) is 0 Å². The Labute approximate surface area is 135 Å². The standard InChI is InChI=1S/C18H22O5/c1-6-10(4)8-18(5,9(2)3)17(20)23-14-12-7-11-13(21-12)15(14)22-16(11)19/h7,9-10H,6,8H2,1-5H3. The van der Waals surface area contributed by atoms with Crippen LogP contribution in [0.1, 0.15) is 57.8 Å². The molecule has 0 saturated heterocycles. The van der Waals surface area contributed by atoms with Crippen LogP contribution in [0.25, 0.3) is 11.2 Å². The van der Waals surface area contributed by atoms with E-state index in [4.69, 9.17) is 13.9 Å². The summed E-state index contributed by atoms with van der Waals surface area (Å²) < 4.78 is 16.2. The van der Waals surface area contributed by atoms with Crippen LogP contribution in [0.3, 0.4) is 0 Å². The Morgan fingerprint density at radius 2 is 2.04 bits per heavy atom. The first-order valence-electron chi connectivity index (χ1n) is 8.11. The van der Waals surface area contributed by atoms with Crippen molar-refractivity contribution in [3.8, 4) is 11.5 Å². The van der Waals surface area contributed by atoms with Crippen LogP contribution in [-0.4, -0.2) is 11.9 Å². The summed E-state index contributed by atoms with van der Waals surface area (Å²) in [6.07, 6.45) is 1.75. The van der Waals surface area contributed by atoms with E-state index in [0.717, 1.165) is 12.8 Å². The highest BCUT2D eigenvalue weighted by Crippen LogP contribution is 2.50. The van der Waals surface area contributed by atoms with Gasteiger partial charge in [-0.15, -0.1) is 0 Å². The van der Waals surface area contributed by atoms with Gasteiger partial charge in [0, 0.05) is 6.07 Å². The molecule has 0 amide bonds. The summed E-state index contributed by atoms with van der Waals surface area (Å²) >= 11 is 0. The molecule has 0 radical (unpaired) electrons. The molecule has 2 bridgehead atoms.